The zero-order valence-corrected chi connectivity index (χ0v) is 13.0. The summed E-state index contributed by atoms with van der Waals surface area (Å²) in [6.45, 7) is 4.14. The van der Waals surface area contributed by atoms with Crippen molar-refractivity contribution in [2.45, 2.75) is 32.1 Å². The Labute approximate surface area is 124 Å². The smallest absolute Gasteiger partial charge is 0.251 e. The highest BCUT2D eigenvalue weighted by atomic mass is 32.2. The molecule has 2 N–H and O–H groups in total. The number of rotatable bonds is 7. The predicted molar refractivity (Wildman–Crippen MR) is 81.4 cm³/mol. The minimum absolute atomic E-state index is 0.135. The van der Waals surface area contributed by atoms with E-state index in [1.165, 1.54) is 23.9 Å². The average molecular weight is 299 g/mol. The van der Waals surface area contributed by atoms with Crippen molar-refractivity contribution in [3.05, 3.63) is 35.1 Å². The van der Waals surface area contributed by atoms with E-state index in [-0.39, 0.29) is 24.2 Å². The highest BCUT2D eigenvalue weighted by Crippen LogP contribution is 2.16. The van der Waals surface area contributed by atoms with E-state index < -0.39 is 6.10 Å². The molecule has 0 aliphatic rings. The Hall–Kier alpha value is -1.07. The molecule has 1 aromatic carbocycles. The lowest BCUT2D eigenvalue weighted by Crippen LogP contribution is -2.35. The van der Waals surface area contributed by atoms with Crippen LogP contribution in [0.3, 0.4) is 0 Å². The summed E-state index contributed by atoms with van der Waals surface area (Å²) in [6, 6.07) is 4.34. The quantitative estimate of drug-likeness (QED) is 0.814. The van der Waals surface area contributed by atoms with E-state index in [1.54, 1.807) is 6.07 Å². The molecule has 0 saturated heterocycles. The van der Waals surface area contributed by atoms with Gasteiger partial charge in [-0.15, -0.1) is 0 Å². The third-order valence-electron chi connectivity index (χ3n) is 3.38. The first kappa shape index (κ1) is 17.0. The van der Waals surface area contributed by atoms with E-state index in [0.717, 1.165) is 6.42 Å². The SMILES string of the molecule is CCC(C)C(O)CNC(=O)c1ccc(F)c(CSC)c1. The lowest BCUT2D eigenvalue weighted by Gasteiger charge is -2.17. The molecule has 0 aliphatic carbocycles. The van der Waals surface area contributed by atoms with Gasteiger partial charge in [-0.3, -0.25) is 4.79 Å². The van der Waals surface area contributed by atoms with E-state index in [4.69, 9.17) is 0 Å². The minimum atomic E-state index is -0.560. The summed E-state index contributed by atoms with van der Waals surface area (Å²) in [7, 11) is 0. The molecule has 0 aliphatic heterocycles. The van der Waals surface area contributed by atoms with E-state index >= 15 is 0 Å². The molecule has 112 valence electrons. The number of hydrogen-bond donors (Lipinski definition) is 2. The van der Waals surface area contributed by atoms with Crippen molar-refractivity contribution in [1.29, 1.82) is 0 Å². The van der Waals surface area contributed by atoms with Crippen molar-refractivity contribution in [1.82, 2.24) is 5.32 Å². The van der Waals surface area contributed by atoms with Crippen LogP contribution in [0.4, 0.5) is 4.39 Å². The Morgan fingerprint density at radius 2 is 2.20 bits per heavy atom. The molecular formula is C15H22FNO2S. The third kappa shape index (κ3) is 4.80. The summed E-state index contributed by atoms with van der Waals surface area (Å²) < 4.78 is 13.5. The number of thioether (sulfide) groups is 1. The monoisotopic (exact) mass is 299 g/mol. The van der Waals surface area contributed by atoms with Gasteiger partial charge in [0.05, 0.1) is 6.10 Å². The van der Waals surface area contributed by atoms with Crippen LogP contribution < -0.4 is 5.32 Å². The summed E-state index contributed by atoms with van der Waals surface area (Å²) in [6.07, 6.45) is 2.18. The highest BCUT2D eigenvalue weighted by molar-refractivity contribution is 7.97. The lowest BCUT2D eigenvalue weighted by molar-refractivity contribution is 0.0850. The molecule has 0 spiro atoms. The second-order valence-corrected chi connectivity index (χ2v) is 5.77. The Bertz CT molecular complexity index is 453. The molecule has 0 aromatic heterocycles. The first-order chi connectivity index (χ1) is 9.49. The van der Waals surface area contributed by atoms with Crippen molar-refractivity contribution >= 4 is 17.7 Å². The van der Waals surface area contributed by atoms with Crippen molar-refractivity contribution in [2.24, 2.45) is 5.92 Å². The molecule has 0 heterocycles. The van der Waals surface area contributed by atoms with Gasteiger partial charge in [0.25, 0.3) is 5.91 Å². The van der Waals surface area contributed by atoms with Gasteiger partial charge >= 0.3 is 0 Å². The fraction of sp³-hybridized carbons (Fsp3) is 0.533. The Kier molecular flexibility index (Phi) is 7.02. The van der Waals surface area contributed by atoms with Crippen molar-refractivity contribution in [3.8, 4) is 0 Å². The van der Waals surface area contributed by atoms with Gasteiger partial charge < -0.3 is 10.4 Å². The molecule has 1 aromatic rings. The number of carbonyl (C=O) groups is 1. The van der Waals surface area contributed by atoms with Crippen LogP contribution in [0.5, 0.6) is 0 Å². The third-order valence-corrected chi connectivity index (χ3v) is 3.98. The number of halogens is 1. The Morgan fingerprint density at radius 1 is 1.50 bits per heavy atom. The van der Waals surface area contributed by atoms with Gasteiger partial charge in [-0.05, 0) is 35.9 Å². The van der Waals surface area contributed by atoms with E-state index in [2.05, 4.69) is 5.32 Å². The first-order valence-electron chi connectivity index (χ1n) is 6.73. The van der Waals surface area contributed by atoms with Gasteiger partial charge in [-0.2, -0.15) is 11.8 Å². The standard InChI is InChI=1S/C15H22FNO2S/c1-4-10(2)14(18)8-17-15(19)11-5-6-13(16)12(7-11)9-20-3/h5-7,10,14,18H,4,8-9H2,1-3H3,(H,17,19). The zero-order valence-electron chi connectivity index (χ0n) is 12.1. The van der Waals surface area contributed by atoms with Gasteiger partial charge in [0.1, 0.15) is 5.82 Å². The molecule has 0 bridgehead atoms. The fourth-order valence-corrected chi connectivity index (χ4v) is 2.29. The average Bonchev–Trinajstić information content (AvgIpc) is 2.45. The van der Waals surface area contributed by atoms with Crippen LogP contribution >= 0.6 is 11.8 Å². The molecular weight excluding hydrogens is 277 g/mol. The maximum absolute atomic E-state index is 13.5. The fourth-order valence-electron chi connectivity index (χ4n) is 1.75. The van der Waals surface area contributed by atoms with E-state index in [0.29, 0.717) is 16.9 Å². The highest BCUT2D eigenvalue weighted by Gasteiger charge is 2.15. The van der Waals surface area contributed by atoms with Gasteiger partial charge in [0.15, 0.2) is 0 Å². The van der Waals surface area contributed by atoms with E-state index in [1.807, 2.05) is 20.1 Å². The Morgan fingerprint density at radius 3 is 2.80 bits per heavy atom. The van der Waals surface area contributed by atoms with Crippen molar-refractivity contribution in [3.63, 3.8) is 0 Å². The number of benzene rings is 1. The molecule has 3 nitrogen and oxygen atoms in total. The van der Waals surface area contributed by atoms with Crippen LogP contribution in [-0.4, -0.2) is 29.9 Å². The molecule has 20 heavy (non-hydrogen) atoms. The summed E-state index contributed by atoms with van der Waals surface area (Å²) in [4.78, 5) is 12.0. The number of aliphatic hydroxyl groups excluding tert-OH is 1. The normalized spacial score (nSPS) is 13.8. The summed E-state index contributed by atoms with van der Waals surface area (Å²) in [5, 5.41) is 12.5. The lowest BCUT2D eigenvalue weighted by atomic mass is 10.0. The second kappa shape index (κ2) is 8.27. The molecule has 2 atom stereocenters. The van der Waals surface area contributed by atoms with Crippen molar-refractivity contribution < 1.29 is 14.3 Å². The van der Waals surface area contributed by atoms with Gasteiger partial charge in [-0.25, -0.2) is 4.39 Å². The molecule has 0 radical (unpaired) electrons. The van der Waals surface area contributed by atoms with Crippen LogP contribution in [0, 0.1) is 11.7 Å². The maximum Gasteiger partial charge on any atom is 0.251 e. The maximum atomic E-state index is 13.5. The number of aliphatic hydroxyl groups is 1. The summed E-state index contributed by atoms with van der Waals surface area (Å²) in [5.74, 6) is 0.0865. The van der Waals surface area contributed by atoms with Crippen molar-refractivity contribution in [2.75, 3.05) is 12.8 Å². The molecule has 0 fully saturated rings. The zero-order chi connectivity index (χ0) is 15.1. The molecule has 1 rings (SSSR count). The number of hydrogen-bond acceptors (Lipinski definition) is 3. The largest absolute Gasteiger partial charge is 0.391 e. The van der Waals surface area contributed by atoms with Crippen LogP contribution in [0.25, 0.3) is 0 Å². The molecule has 5 heteroatoms. The van der Waals surface area contributed by atoms with E-state index in [9.17, 15) is 14.3 Å². The molecule has 1 amide bonds. The second-order valence-electron chi connectivity index (χ2n) is 4.90. The topological polar surface area (TPSA) is 49.3 Å². The van der Waals surface area contributed by atoms with Crippen LogP contribution in [-0.2, 0) is 5.75 Å². The summed E-state index contributed by atoms with van der Waals surface area (Å²) >= 11 is 1.50. The number of nitrogens with one attached hydrogen (secondary N) is 1. The predicted octanol–water partition coefficient (Wildman–Crippen LogP) is 2.83. The Balaban J connectivity index is 2.66. The summed E-state index contributed by atoms with van der Waals surface area (Å²) in [5.41, 5.74) is 0.944. The molecule has 2 unspecified atom stereocenters. The first-order valence-corrected chi connectivity index (χ1v) is 8.12. The number of carbonyl (C=O) groups excluding carboxylic acids is 1. The van der Waals surface area contributed by atoms with Crippen LogP contribution in [0.1, 0.15) is 36.2 Å². The van der Waals surface area contributed by atoms with Gasteiger partial charge in [0, 0.05) is 17.9 Å². The van der Waals surface area contributed by atoms with Crippen LogP contribution in [0.15, 0.2) is 18.2 Å². The molecule has 0 saturated carbocycles. The minimum Gasteiger partial charge on any atom is -0.391 e. The number of amides is 1. The van der Waals surface area contributed by atoms with Gasteiger partial charge in [-0.1, -0.05) is 20.3 Å². The van der Waals surface area contributed by atoms with Gasteiger partial charge in [0.2, 0.25) is 0 Å². The van der Waals surface area contributed by atoms with Crippen LogP contribution in [0.2, 0.25) is 0 Å².